The number of hydrogen-bond donors (Lipinski definition) is 1. The molecule has 0 heterocycles. The van der Waals surface area contributed by atoms with Crippen LogP contribution in [0.3, 0.4) is 0 Å². The lowest BCUT2D eigenvalue weighted by atomic mass is 10.1. The van der Waals surface area contributed by atoms with Crippen molar-refractivity contribution in [1.82, 2.24) is 0 Å². The quantitative estimate of drug-likeness (QED) is 0.469. The van der Waals surface area contributed by atoms with Gasteiger partial charge in [0.2, 0.25) is 0 Å². The minimum Gasteiger partial charge on any atom is -0.411 e. The molecule has 14 heavy (non-hydrogen) atoms. The summed E-state index contributed by atoms with van der Waals surface area (Å²) < 4.78 is 0.925. The maximum Gasteiger partial charge on any atom is 0.0751 e. The number of nitrogens with zero attached hydrogens (tertiary/aromatic N) is 1. The molecule has 0 aliphatic rings. The Hall–Kier alpha value is -1.35. The third-order valence-electron chi connectivity index (χ3n) is 2.10. The SMILES string of the molecule is O/N=C/c1c(Br)ccc2ccccc12. The van der Waals surface area contributed by atoms with Crippen LogP contribution in [0.4, 0.5) is 0 Å². The number of benzene rings is 2. The van der Waals surface area contributed by atoms with E-state index >= 15 is 0 Å². The van der Waals surface area contributed by atoms with Crippen molar-refractivity contribution in [1.29, 1.82) is 0 Å². The maximum atomic E-state index is 8.55. The van der Waals surface area contributed by atoms with Gasteiger partial charge in [-0.3, -0.25) is 0 Å². The lowest BCUT2D eigenvalue weighted by Gasteiger charge is -2.03. The van der Waals surface area contributed by atoms with E-state index < -0.39 is 0 Å². The second kappa shape index (κ2) is 3.80. The molecule has 0 fully saturated rings. The van der Waals surface area contributed by atoms with Crippen LogP contribution in [-0.4, -0.2) is 11.4 Å². The zero-order valence-electron chi connectivity index (χ0n) is 7.31. The van der Waals surface area contributed by atoms with Gasteiger partial charge in [0.25, 0.3) is 0 Å². The highest BCUT2D eigenvalue weighted by Gasteiger charge is 2.02. The third kappa shape index (κ3) is 1.51. The van der Waals surface area contributed by atoms with Crippen LogP contribution in [0.5, 0.6) is 0 Å². The Labute approximate surface area is 90.0 Å². The summed E-state index contributed by atoms with van der Waals surface area (Å²) in [6, 6.07) is 11.9. The summed E-state index contributed by atoms with van der Waals surface area (Å²) in [4.78, 5) is 0. The van der Waals surface area contributed by atoms with Gasteiger partial charge in [-0.05, 0) is 16.8 Å². The topological polar surface area (TPSA) is 32.6 Å². The minimum atomic E-state index is 0.894. The summed E-state index contributed by atoms with van der Waals surface area (Å²) in [5.41, 5.74) is 0.894. The van der Waals surface area contributed by atoms with Crippen molar-refractivity contribution in [3.8, 4) is 0 Å². The van der Waals surface area contributed by atoms with E-state index in [4.69, 9.17) is 5.21 Å². The van der Waals surface area contributed by atoms with Gasteiger partial charge in [-0.25, -0.2) is 0 Å². The summed E-state index contributed by atoms with van der Waals surface area (Å²) in [5, 5.41) is 13.8. The summed E-state index contributed by atoms with van der Waals surface area (Å²) in [7, 11) is 0. The summed E-state index contributed by atoms with van der Waals surface area (Å²) >= 11 is 3.42. The van der Waals surface area contributed by atoms with Crippen molar-refractivity contribution >= 4 is 32.9 Å². The van der Waals surface area contributed by atoms with Crippen LogP contribution in [0.25, 0.3) is 10.8 Å². The third-order valence-corrected chi connectivity index (χ3v) is 2.80. The molecule has 0 saturated carbocycles. The summed E-state index contributed by atoms with van der Waals surface area (Å²) in [5.74, 6) is 0. The van der Waals surface area contributed by atoms with Gasteiger partial charge in [0.1, 0.15) is 0 Å². The fourth-order valence-corrected chi connectivity index (χ4v) is 1.91. The molecule has 70 valence electrons. The number of halogens is 1. The van der Waals surface area contributed by atoms with Crippen LogP contribution in [-0.2, 0) is 0 Å². The lowest BCUT2D eigenvalue weighted by Crippen LogP contribution is -1.86. The fourth-order valence-electron chi connectivity index (χ4n) is 1.46. The van der Waals surface area contributed by atoms with E-state index in [1.54, 1.807) is 0 Å². The Bertz CT molecular complexity index is 494. The second-order valence-electron chi connectivity index (χ2n) is 2.93. The van der Waals surface area contributed by atoms with Crippen molar-refractivity contribution in [2.24, 2.45) is 5.16 Å². The monoisotopic (exact) mass is 249 g/mol. The predicted molar refractivity (Wildman–Crippen MR) is 61.0 cm³/mol. The molecule has 2 aromatic rings. The van der Waals surface area contributed by atoms with Crippen LogP contribution in [0.1, 0.15) is 5.56 Å². The molecule has 0 bridgehead atoms. The molecule has 0 saturated heterocycles. The molecule has 3 heteroatoms. The molecule has 2 nitrogen and oxygen atoms in total. The first-order valence-corrected chi connectivity index (χ1v) is 4.97. The van der Waals surface area contributed by atoms with E-state index in [1.807, 2.05) is 36.4 Å². The fraction of sp³-hybridized carbons (Fsp3) is 0. The van der Waals surface area contributed by atoms with Gasteiger partial charge in [0.15, 0.2) is 0 Å². The first kappa shape index (κ1) is 9.21. The number of rotatable bonds is 1. The van der Waals surface area contributed by atoms with Crippen LogP contribution >= 0.6 is 15.9 Å². The molecule has 0 aliphatic heterocycles. The van der Waals surface area contributed by atoms with Crippen LogP contribution in [0.2, 0.25) is 0 Å². The largest absolute Gasteiger partial charge is 0.411 e. The van der Waals surface area contributed by atoms with Crippen LogP contribution < -0.4 is 0 Å². The predicted octanol–water partition coefficient (Wildman–Crippen LogP) is 3.41. The Morgan fingerprint density at radius 3 is 2.71 bits per heavy atom. The van der Waals surface area contributed by atoms with Crippen LogP contribution in [0, 0.1) is 0 Å². The van der Waals surface area contributed by atoms with Crippen molar-refractivity contribution < 1.29 is 5.21 Å². The summed E-state index contributed by atoms with van der Waals surface area (Å²) in [6.07, 6.45) is 1.44. The Morgan fingerprint density at radius 1 is 1.14 bits per heavy atom. The van der Waals surface area contributed by atoms with E-state index in [0.717, 1.165) is 20.8 Å². The van der Waals surface area contributed by atoms with Gasteiger partial charge in [-0.1, -0.05) is 51.4 Å². The molecular formula is C11H8BrNO. The van der Waals surface area contributed by atoms with Crippen molar-refractivity contribution in [3.63, 3.8) is 0 Å². The van der Waals surface area contributed by atoms with Crippen LogP contribution in [0.15, 0.2) is 46.0 Å². The summed E-state index contributed by atoms with van der Waals surface area (Å²) in [6.45, 7) is 0. The Morgan fingerprint density at radius 2 is 1.93 bits per heavy atom. The average Bonchev–Trinajstić information content (AvgIpc) is 2.23. The van der Waals surface area contributed by atoms with Crippen molar-refractivity contribution in [2.45, 2.75) is 0 Å². The van der Waals surface area contributed by atoms with Crippen molar-refractivity contribution in [2.75, 3.05) is 0 Å². The van der Waals surface area contributed by atoms with Gasteiger partial charge in [-0.2, -0.15) is 0 Å². The van der Waals surface area contributed by atoms with E-state index in [0.29, 0.717) is 0 Å². The van der Waals surface area contributed by atoms with Crippen molar-refractivity contribution in [3.05, 3.63) is 46.4 Å². The highest BCUT2D eigenvalue weighted by atomic mass is 79.9. The molecular weight excluding hydrogens is 242 g/mol. The molecule has 0 atom stereocenters. The van der Waals surface area contributed by atoms with Gasteiger partial charge >= 0.3 is 0 Å². The van der Waals surface area contributed by atoms with E-state index in [9.17, 15) is 0 Å². The highest BCUT2D eigenvalue weighted by molar-refractivity contribution is 9.10. The molecule has 0 aromatic heterocycles. The molecule has 0 spiro atoms. The van der Waals surface area contributed by atoms with E-state index in [-0.39, 0.29) is 0 Å². The molecule has 1 N–H and O–H groups in total. The first-order chi connectivity index (χ1) is 6.83. The Kier molecular flexibility index (Phi) is 2.50. The molecule has 0 amide bonds. The second-order valence-corrected chi connectivity index (χ2v) is 3.78. The molecule has 0 radical (unpaired) electrons. The number of fused-ring (bicyclic) bond motifs is 1. The minimum absolute atomic E-state index is 0.894. The Balaban J connectivity index is 2.82. The normalized spacial score (nSPS) is 11.2. The number of hydrogen-bond acceptors (Lipinski definition) is 2. The van der Waals surface area contributed by atoms with E-state index in [1.165, 1.54) is 6.21 Å². The smallest absolute Gasteiger partial charge is 0.0751 e. The maximum absolute atomic E-state index is 8.55. The molecule has 2 rings (SSSR count). The average molecular weight is 250 g/mol. The van der Waals surface area contributed by atoms with Gasteiger partial charge < -0.3 is 5.21 Å². The van der Waals surface area contributed by atoms with Gasteiger partial charge in [0, 0.05) is 10.0 Å². The molecule has 0 aliphatic carbocycles. The molecule has 2 aromatic carbocycles. The lowest BCUT2D eigenvalue weighted by molar-refractivity contribution is 0.322. The van der Waals surface area contributed by atoms with Gasteiger partial charge in [0.05, 0.1) is 6.21 Å². The first-order valence-electron chi connectivity index (χ1n) is 4.17. The molecule has 0 unspecified atom stereocenters. The zero-order chi connectivity index (χ0) is 9.97. The van der Waals surface area contributed by atoms with Gasteiger partial charge in [-0.15, -0.1) is 0 Å². The zero-order valence-corrected chi connectivity index (χ0v) is 8.90. The van der Waals surface area contributed by atoms with E-state index in [2.05, 4.69) is 21.1 Å². The highest BCUT2D eigenvalue weighted by Crippen LogP contribution is 2.24. The standard InChI is InChI=1S/C11H8BrNO/c12-11-6-5-8-3-1-2-4-9(8)10(11)7-13-14/h1-7,14H/b13-7+. The number of oxime groups is 1.